The Morgan fingerprint density at radius 3 is 2.67 bits per heavy atom. The molecule has 18 heavy (non-hydrogen) atoms. The third kappa shape index (κ3) is 4.66. The van der Waals surface area contributed by atoms with Crippen LogP contribution in [-0.2, 0) is 20.0 Å². The molecular formula is C11H18NO5P. The molecule has 0 aliphatic heterocycles. The van der Waals surface area contributed by atoms with Gasteiger partial charge in [-0.25, -0.2) is 0 Å². The molecule has 0 bridgehead atoms. The summed E-state index contributed by atoms with van der Waals surface area (Å²) in [6.07, 6.45) is -0.0899. The minimum atomic E-state index is -3.67. The Morgan fingerprint density at radius 2 is 2.06 bits per heavy atom. The fourth-order valence-corrected chi connectivity index (χ4v) is 2.50. The third-order valence-electron chi connectivity index (χ3n) is 2.26. The number of methoxy groups -OCH3 is 2. The Morgan fingerprint density at radius 1 is 1.33 bits per heavy atom. The number of hydrogen-bond donors (Lipinski definition) is 2. The van der Waals surface area contributed by atoms with Gasteiger partial charge in [0.25, 0.3) is 0 Å². The highest BCUT2D eigenvalue weighted by atomic mass is 31.2. The Bertz CT molecular complexity index is 437. The average molecular weight is 275 g/mol. The lowest BCUT2D eigenvalue weighted by atomic mass is 10.2. The molecule has 0 fully saturated rings. The number of ether oxygens (including phenoxy) is 2. The first-order valence-electron chi connectivity index (χ1n) is 5.36. The van der Waals surface area contributed by atoms with Crippen molar-refractivity contribution in [2.75, 3.05) is 33.2 Å². The van der Waals surface area contributed by atoms with Gasteiger partial charge in [-0.05, 0) is 17.7 Å². The van der Waals surface area contributed by atoms with E-state index in [1.807, 2.05) is 0 Å². The van der Waals surface area contributed by atoms with E-state index in [1.54, 1.807) is 18.2 Å². The van der Waals surface area contributed by atoms with E-state index in [-0.39, 0.29) is 19.4 Å². The van der Waals surface area contributed by atoms with Gasteiger partial charge in [0.1, 0.15) is 5.75 Å². The highest BCUT2D eigenvalue weighted by Gasteiger charge is 2.20. The molecule has 1 atom stereocenters. The van der Waals surface area contributed by atoms with Gasteiger partial charge >= 0.3 is 7.60 Å². The lowest BCUT2D eigenvalue weighted by molar-refractivity contribution is 0.137. The zero-order valence-corrected chi connectivity index (χ0v) is 11.4. The lowest BCUT2D eigenvalue weighted by Crippen LogP contribution is -2.02. The van der Waals surface area contributed by atoms with Gasteiger partial charge in [-0.3, -0.25) is 4.57 Å². The van der Waals surface area contributed by atoms with E-state index in [9.17, 15) is 9.46 Å². The van der Waals surface area contributed by atoms with Crippen molar-refractivity contribution in [2.24, 2.45) is 0 Å². The van der Waals surface area contributed by atoms with Gasteiger partial charge in [0.15, 0.2) is 0 Å². The SMILES string of the molecule is COCCOP(=O)(O)Cc1ccc(N)c(OC)c1. The lowest BCUT2D eigenvalue weighted by Gasteiger charge is -2.13. The molecule has 0 heterocycles. The average Bonchev–Trinajstić information content (AvgIpc) is 2.31. The van der Waals surface area contributed by atoms with Crippen LogP contribution in [0.2, 0.25) is 0 Å². The summed E-state index contributed by atoms with van der Waals surface area (Å²) in [5.74, 6) is 0.476. The fourth-order valence-electron chi connectivity index (χ4n) is 1.39. The van der Waals surface area contributed by atoms with Crippen molar-refractivity contribution in [3.8, 4) is 5.75 Å². The molecule has 0 saturated carbocycles. The van der Waals surface area contributed by atoms with Gasteiger partial charge < -0.3 is 24.6 Å². The van der Waals surface area contributed by atoms with Crippen molar-refractivity contribution in [3.05, 3.63) is 23.8 Å². The monoisotopic (exact) mass is 275 g/mol. The summed E-state index contributed by atoms with van der Waals surface area (Å²) in [5, 5.41) is 0. The van der Waals surface area contributed by atoms with E-state index in [0.29, 0.717) is 17.0 Å². The smallest absolute Gasteiger partial charge is 0.332 e. The first-order valence-corrected chi connectivity index (χ1v) is 7.12. The predicted molar refractivity (Wildman–Crippen MR) is 68.8 cm³/mol. The number of nitrogens with two attached hydrogens (primary N) is 1. The van der Waals surface area contributed by atoms with E-state index < -0.39 is 7.60 Å². The maximum atomic E-state index is 11.7. The Kier molecular flexibility index (Phi) is 5.62. The van der Waals surface area contributed by atoms with Gasteiger partial charge in [-0.1, -0.05) is 6.07 Å². The Labute approximate surface area is 106 Å². The maximum Gasteiger partial charge on any atom is 0.332 e. The highest BCUT2D eigenvalue weighted by Crippen LogP contribution is 2.46. The van der Waals surface area contributed by atoms with Crippen LogP contribution in [0.5, 0.6) is 5.75 Å². The highest BCUT2D eigenvalue weighted by molar-refractivity contribution is 7.51. The standard InChI is InChI=1S/C11H18NO5P/c1-15-5-6-17-18(13,14)8-9-3-4-10(12)11(7-9)16-2/h3-4,7H,5-6,8,12H2,1-2H3,(H,13,14). The molecule has 0 aromatic heterocycles. The minimum Gasteiger partial charge on any atom is -0.495 e. The molecule has 6 nitrogen and oxygen atoms in total. The minimum absolute atomic E-state index is 0.0797. The number of hydrogen-bond acceptors (Lipinski definition) is 5. The molecule has 0 aliphatic rings. The summed E-state index contributed by atoms with van der Waals surface area (Å²) >= 11 is 0. The van der Waals surface area contributed by atoms with E-state index in [2.05, 4.69) is 0 Å². The molecule has 7 heteroatoms. The molecule has 0 amide bonds. The van der Waals surface area contributed by atoms with Gasteiger partial charge in [-0.15, -0.1) is 0 Å². The molecular weight excluding hydrogens is 257 g/mol. The van der Waals surface area contributed by atoms with Crippen molar-refractivity contribution in [2.45, 2.75) is 6.16 Å². The number of benzene rings is 1. The van der Waals surface area contributed by atoms with Crippen LogP contribution in [0.4, 0.5) is 5.69 Å². The molecule has 1 aromatic carbocycles. The summed E-state index contributed by atoms with van der Waals surface area (Å²) in [6.45, 7) is 0.353. The number of rotatable bonds is 7. The summed E-state index contributed by atoms with van der Waals surface area (Å²) in [5.41, 5.74) is 6.77. The van der Waals surface area contributed by atoms with Gasteiger partial charge in [-0.2, -0.15) is 0 Å². The van der Waals surface area contributed by atoms with Crippen LogP contribution in [0.1, 0.15) is 5.56 Å². The molecule has 0 aliphatic carbocycles. The normalized spacial score (nSPS) is 14.2. The third-order valence-corrected chi connectivity index (χ3v) is 3.61. The summed E-state index contributed by atoms with van der Waals surface area (Å²) in [7, 11) is -0.680. The van der Waals surface area contributed by atoms with E-state index in [0.717, 1.165) is 0 Å². The molecule has 0 radical (unpaired) electrons. The van der Waals surface area contributed by atoms with Crippen molar-refractivity contribution in [3.63, 3.8) is 0 Å². The first-order chi connectivity index (χ1) is 8.48. The zero-order chi connectivity index (χ0) is 13.6. The summed E-state index contributed by atoms with van der Waals surface area (Å²) in [4.78, 5) is 9.63. The van der Waals surface area contributed by atoms with Gasteiger partial charge in [0, 0.05) is 7.11 Å². The van der Waals surface area contributed by atoms with Crippen LogP contribution >= 0.6 is 7.60 Å². The molecule has 0 spiro atoms. The van der Waals surface area contributed by atoms with Crippen LogP contribution < -0.4 is 10.5 Å². The van der Waals surface area contributed by atoms with Crippen LogP contribution in [0.3, 0.4) is 0 Å². The molecule has 1 rings (SSSR count). The van der Waals surface area contributed by atoms with E-state index in [1.165, 1.54) is 14.2 Å². The molecule has 1 unspecified atom stereocenters. The van der Waals surface area contributed by atoms with Crippen molar-refractivity contribution < 1.29 is 23.5 Å². The largest absolute Gasteiger partial charge is 0.495 e. The zero-order valence-electron chi connectivity index (χ0n) is 10.5. The molecule has 0 saturated heterocycles. The first kappa shape index (κ1) is 15.0. The topological polar surface area (TPSA) is 91.0 Å². The van der Waals surface area contributed by atoms with Crippen LogP contribution in [0.15, 0.2) is 18.2 Å². The Balaban J connectivity index is 2.68. The van der Waals surface area contributed by atoms with Crippen LogP contribution in [0.25, 0.3) is 0 Å². The second-order valence-electron chi connectivity index (χ2n) is 3.70. The second-order valence-corrected chi connectivity index (χ2v) is 5.55. The van der Waals surface area contributed by atoms with E-state index in [4.69, 9.17) is 19.7 Å². The molecule has 102 valence electrons. The van der Waals surface area contributed by atoms with Crippen molar-refractivity contribution in [1.29, 1.82) is 0 Å². The fraction of sp³-hybridized carbons (Fsp3) is 0.455. The predicted octanol–water partition coefficient (Wildman–Crippen LogP) is 1.63. The van der Waals surface area contributed by atoms with Gasteiger partial charge in [0.05, 0.1) is 32.2 Å². The molecule has 3 N–H and O–H groups in total. The quantitative estimate of drug-likeness (QED) is 0.446. The molecule has 1 aromatic rings. The van der Waals surface area contributed by atoms with Crippen LogP contribution in [-0.4, -0.2) is 32.3 Å². The number of nitrogen functional groups attached to an aromatic ring is 1. The summed E-state index contributed by atoms with van der Waals surface area (Å²) < 4.78 is 26.4. The van der Waals surface area contributed by atoms with Crippen LogP contribution in [0, 0.1) is 0 Å². The Hall–Kier alpha value is -1.07. The van der Waals surface area contributed by atoms with E-state index >= 15 is 0 Å². The second kappa shape index (κ2) is 6.75. The van der Waals surface area contributed by atoms with Crippen molar-refractivity contribution >= 4 is 13.3 Å². The summed E-state index contributed by atoms with van der Waals surface area (Å²) in [6, 6.07) is 4.92. The van der Waals surface area contributed by atoms with Gasteiger partial charge in [0.2, 0.25) is 0 Å². The number of anilines is 1. The maximum absolute atomic E-state index is 11.7. The van der Waals surface area contributed by atoms with Crippen molar-refractivity contribution in [1.82, 2.24) is 0 Å².